The zero-order chi connectivity index (χ0) is 13.8. The molecule has 1 heterocycles. The SMILES string of the molecule is CNc1cnc(-c2ccc(OC(C)C)cc2)nc1C. The van der Waals surface area contributed by atoms with Crippen LogP contribution in [-0.4, -0.2) is 23.1 Å². The standard InChI is InChI=1S/C15H19N3O/c1-10(2)19-13-7-5-12(6-8-13)15-17-9-14(16-4)11(3)18-15/h5-10,16H,1-4H3. The minimum absolute atomic E-state index is 0.180. The molecule has 0 aliphatic rings. The number of ether oxygens (including phenoxy) is 1. The van der Waals surface area contributed by atoms with E-state index >= 15 is 0 Å². The molecule has 0 bridgehead atoms. The normalized spacial score (nSPS) is 10.6. The van der Waals surface area contributed by atoms with Crippen molar-refractivity contribution >= 4 is 5.69 Å². The van der Waals surface area contributed by atoms with Crippen LogP contribution in [0.25, 0.3) is 11.4 Å². The van der Waals surface area contributed by atoms with Crippen molar-refractivity contribution in [1.29, 1.82) is 0 Å². The van der Waals surface area contributed by atoms with Gasteiger partial charge in [0.2, 0.25) is 0 Å². The molecule has 0 amide bonds. The molecule has 0 aliphatic carbocycles. The summed E-state index contributed by atoms with van der Waals surface area (Å²) >= 11 is 0. The van der Waals surface area contributed by atoms with E-state index in [4.69, 9.17) is 4.74 Å². The molecule has 4 heteroatoms. The molecule has 0 aliphatic heterocycles. The summed E-state index contributed by atoms with van der Waals surface area (Å²) in [5.41, 5.74) is 2.88. The van der Waals surface area contributed by atoms with Crippen molar-refractivity contribution in [1.82, 2.24) is 9.97 Å². The molecule has 1 N–H and O–H groups in total. The Bertz CT molecular complexity index is 550. The first-order valence-corrected chi connectivity index (χ1v) is 6.38. The second-order valence-corrected chi connectivity index (χ2v) is 4.63. The summed E-state index contributed by atoms with van der Waals surface area (Å²) in [6.07, 6.45) is 1.98. The lowest BCUT2D eigenvalue weighted by atomic mass is 10.2. The number of hydrogen-bond donors (Lipinski definition) is 1. The fourth-order valence-electron chi connectivity index (χ4n) is 1.81. The molecule has 0 fully saturated rings. The first-order valence-electron chi connectivity index (χ1n) is 6.38. The Balaban J connectivity index is 2.24. The maximum Gasteiger partial charge on any atom is 0.159 e. The van der Waals surface area contributed by atoms with Crippen molar-refractivity contribution in [2.45, 2.75) is 26.9 Å². The Hall–Kier alpha value is -2.10. The number of aryl methyl sites for hydroxylation is 1. The second kappa shape index (κ2) is 5.69. The lowest BCUT2D eigenvalue weighted by Crippen LogP contribution is -2.05. The molecule has 2 rings (SSSR count). The number of aromatic nitrogens is 2. The van der Waals surface area contributed by atoms with E-state index in [0.29, 0.717) is 0 Å². The highest BCUT2D eigenvalue weighted by Crippen LogP contribution is 2.21. The van der Waals surface area contributed by atoms with E-state index in [1.807, 2.05) is 52.1 Å². The number of benzene rings is 1. The van der Waals surface area contributed by atoms with Crippen molar-refractivity contribution < 1.29 is 4.74 Å². The van der Waals surface area contributed by atoms with Crippen LogP contribution < -0.4 is 10.1 Å². The van der Waals surface area contributed by atoms with Gasteiger partial charge in [-0.2, -0.15) is 0 Å². The van der Waals surface area contributed by atoms with Crippen molar-refractivity contribution in [2.24, 2.45) is 0 Å². The van der Waals surface area contributed by atoms with Crippen molar-refractivity contribution in [3.8, 4) is 17.1 Å². The quantitative estimate of drug-likeness (QED) is 0.913. The molecule has 19 heavy (non-hydrogen) atoms. The van der Waals surface area contributed by atoms with Gasteiger partial charge in [0.15, 0.2) is 5.82 Å². The number of hydrogen-bond acceptors (Lipinski definition) is 4. The predicted molar refractivity (Wildman–Crippen MR) is 77.5 cm³/mol. The number of nitrogens with one attached hydrogen (secondary N) is 1. The average molecular weight is 257 g/mol. The maximum absolute atomic E-state index is 5.61. The van der Waals surface area contributed by atoms with Gasteiger partial charge in [0.05, 0.1) is 23.7 Å². The molecule has 0 radical (unpaired) electrons. The average Bonchev–Trinajstić information content (AvgIpc) is 2.39. The van der Waals surface area contributed by atoms with E-state index < -0.39 is 0 Å². The van der Waals surface area contributed by atoms with Crippen molar-refractivity contribution in [3.63, 3.8) is 0 Å². The summed E-state index contributed by atoms with van der Waals surface area (Å²) in [5, 5.41) is 3.06. The highest BCUT2D eigenvalue weighted by Gasteiger charge is 2.05. The van der Waals surface area contributed by atoms with Crippen LogP contribution in [0.1, 0.15) is 19.5 Å². The van der Waals surface area contributed by atoms with Gasteiger partial charge < -0.3 is 10.1 Å². The van der Waals surface area contributed by atoms with E-state index in [9.17, 15) is 0 Å². The van der Waals surface area contributed by atoms with Crippen molar-refractivity contribution in [2.75, 3.05) is 12.4 Å². The second-order valence-electron chi connectivity index (χ2n) is 4.63. The fraction of sp³-hybridized carbons (Fsp3) is 0.333. The first kappa shape index (κ1) is 13.3. The molecule has 4 nitrogen and oxygen atoms in total. The van der Waals surface area contributed by atoms with Gasteiger partial charge in [-0.1, -0.05) is 0 Å². The van der Waals surface area contributed by atoms with E-state index in [1.54, 1.807) is 6.20 Å². The largest absolute Gasteiger partial charge is 0.491 e. The zero-order valence-corrected chi connectivity index (χ0v) is 11.8. The van der Waals surface area contributed by atoms with Gasteiger partial charge in [-0.05, 0) is 45.0 Å². The van der Waals surface area contributed by atoms with E-state index in [0.717, 1.165) is 28.5 Å². The fourth-order valence-corrected chi connectivity index (χ4v) is 1.81. The molecular formula is C15H19N3O. The Morgan fingerprint density at radius 3 is 2.37 bits per heavy atom. The van der Waals surface area contributed by atoms with Gasteiger partial charge in [-0.3, -0.25) is 0 Å². The van der Waals surface area contributed by atoms with Gasteiger partial charge in [0.25, 0.3) is 0 Å². The highest BCUT2D eigenvalue weighted by molar-refractivity contribution is 5.58. The minimum atomic E-state index is 0.180. The van der Waals surface area contributed by atoms with E-state index in [1.165, 1.54) is 0 Å². The molecule has 1 aromatic heterocycles. The molecule has 2 aromatic rings. The molecule has 0 unspecified atom stereocenters. The van der Waals surface area contributed by atoms with Gasteiger partial charge in [0.1, 0.15) is 5.75 Å². The Morgan fingerprint density at radius 1 is 1.16 bits per heavy atom. The smallest absolute Gasteiger partial charge is 0.159 e. The molecule has 0 atom stereocenters. The summed E-state index contributed by atoms with van der Waals surface area (Å²) in [5.74, 6) is 1.59. The van der Waals surface area contributed by atoms with Crippen LogP contribution in [0.3, 0.4) is 0 Å². The van der Waals surface area contributed by atoms with Gasteiger partial charge in [-0.15, -0.1) is 0 Å². The first-order chi connectivity index (χ1) is 9.10. The molecule has 100 valence electrons. The van der Waals surface area contributed by atoms with Crippen molar-refractivity contribution in [3.05, 3.63) is 36.2 Å². The molecule has 0 spiro atoms. The third-order valence-electron chi connectivity index (χ3n) is 2.73. The van der Waals surface area contributed by atoms with Crippen LogP contribution in [0, 0.1) is 6.92 Å². The monoisotopic (exact) mass is 257 g/mol. The number of nitrogens with zero attached hydrogens (tertiary/aromatic N) is 2. The third kappa shape index (κ3) is 3.22. The van der Waals surface area contributed by atoms with Crippen LogP contribution in [0.15, 0.2) is 30.5 Å². The highest BCUT2D eigenvalue weighted by atomic mass is 16.5. The topological polar surface area (TPSA) is 47.0 Å². The Labute approximate surface area is 113 Å². The van der Waals surface area contributed by atoms with Crippen LogP contribution in [0.2, 0.25) is 0 Å². The van der Waals surface area contributed by atoms with Gasteiger partial charge in [-0.25, -0.2) is 9.97 Å². The summed E-state index contributed by atoms with van der Waals surface area (Å²) in [7, 11) is 1.86. The molecule has 1 aromatic carbocycles. The van der Waals surface area contributed by atoms with E-state index in [2.05, 4.69) is 15.3 Å². The van der Waals surface area contributed by atoms with Gasteiger partial charge >= 0.3 is 0 Å². The van der Waals surface area contributed by atoms with E-state index in [-0.39, 0.29) is 6.10 Å². The summed E-state index contributed by atoms with van der Waals surface area (Å²) in [6.45, 7) is 5.99. The molecule has 0 saturated carbocycles. The van der Waals surface area contributed by atoms with Crippen LogP contribution in [0.5, 0.6) is 5.75 Å². The Morgan fingerprint density at radius 2 is 1.84 bits per heavy atom. The van der Waals surface area contributed by atoms with Crippen LogP contribution in [0.4, 0.5) is 5.69 Å². The lowest BCUT2D eigenvalue weighted by Gasteiger charge is -2.10. The van der Waals surface area contributed by atoms with Crippen LogP contribution >= 0.6 is 0 Å². The maximum atomic E-state index is 5.61. The number of rotatable bonds is 4. The molecule has 0 saturated heterocycles. The Kier molecular flexibility index (Phi) is 4.00. The third-order valence-corrected chi connectivity index (χ3v) is 2.73. The summed E-state index contributed by atoms with van der Waals surface area (Å²) in [4.78, 5) is 8.85. The molecular weight excluding hydrogens is 238 g/mol. The zero-order valence-electron chi connectivity index (χ0n) is 11.8. The van der Waals surface area contributed by atoms with Gasteiger partial charge in [0, 0.05) is 12.6 Å². The van der Waals surface area contributed by atoms with Crippen LogP contribution in [-0.2, 0) is 0 Å². The lowest BCUT2D eigenvalue weighted by molar-refractivity contribution is 0.242. The number of anilines is 1. The predicted octanol–water partition coefficient (Wildman–Crippen LogP) is 3.28. The summed E-state index contributed by atoms with van der Waals surface area (Å²) < 4.78 is 5.61. The minimum Gasteiger partial charge on any atom is -0.491 e. The summed E-state index contributed by atoms with van der Waals surface area (Å²) in [6, 6.07) is 7.84.